The standard InChI is InChI=1S/C29H40N4O4/c1-28(2,3)37-27(36)31-24-26(35)33-21(12-9-15-29(24,4)5)13-14-23(33)25(34)32-17-20(16-30)22(18-32)19-10-7-6-8-11-19/h6-8,10-11,20-24H,9,12-15,17-18H2,1-5H3,(H,31,36)/t20-,21+,22+,23+,24-/m1/s1. The second-order valence-electron chi connectivity index (χ2n) is 12.4. The van der Waals surface area contributed by atoms with Gasteiger partial charge in [0.25, 0.3) is 0 Å². The number of carbonyl (C=O) groups is 3. The first-order chi connectivity index (χ1) is 17.4. The summed E-state index contributed by atoms with van der Waals surface area (Å²) in [5, 5.41) is 12.7. The van der Waals surface area contributed by atoms with E-state index in [1.54, 1.807) is 30.6 Å². The van der Waals surface area contributed by atoms with Gasteiger partial charge in [0.2, 0.25) is 11.8 Å². The van der Waals surface area contributed by atoms with Crippen molar-refractivity contribution in [2.45, 2.75) is 96.4 Å². The Bertz CT molecular complexity index is 1060. The van der Waals surface area contributed by atoms with Crippen LogP contribution in [0.1, 0.15) is 78.2 Å². The fourth-order valence-corrected chi connectivity index (χ4v) is 6.21. The number of nitrogens with one attached hydrogen (secondary N) is 1. The van der Waals surface area contributed by atoms with Crippen LogP contribution in [0.4, 0.5) is 4.79 Å². The van der Waals surface area contributed by atoms with Crippen molar-refractivity contribution in [3.63, 3.8) is 0 Å². The lowest BCUT2D eigenvalue weighted by Gasteiger charge is -2.42. The molecule has 3 saturated heterocycles. The molecular formula is C29H40N4O4. The highest BCUT2D eigenvalue weighted by atomic mass is 16.6. The number of alkyl carbamates (subject to hydrolysis) is 1. The molecule has 1 aromatic rings. The molecule has 3 aliphatic heterocycles. The lowest BCUT2D eigenvalue weighted by atomic mass is 9.77. The van der Waals surface area contributed by atoms with Gasteiger partial charge in [-0.05, 0) is 57.4 Å². The molecular weight excluding hydrogens is 468 g/mol. The summed E-state index contributed by atoms with van der Waals surface area (Å²) in [6.45, 7) is 10.2. The normalized spacial score (nSPS) is 29.6. The summed E-state index contributed by atoms with van der Waals surface area (Å²) in [4.78, 5) is 44.2. The third-order valence-corrected chi connectivity index (χ3v) is 8.12. The summed E-state index contributed by atoms with van der Waals surface area (Å²) in [6.07, 6.45) is 3.27. The van der Waals surface area contributed by atoms with Gasteiger partial charge < -0.3 is 19.9 Å². The molecule has 0 bridgehead atoms. The first kappa shape index (κ1) is 27.0. The van der Waals surface area contributed by atoms with E-state index in [2.05, 4.69) is 11.4 Å². The minimum absolute atomic E-state index is 0.0280. The minimum Gasteiger partial charge on any atom is -0.444 e. The van der Waals surface area contributed by atoms with Crippen molar-refractivity contribution < 1.29 is 19.1 Å². The van der Waals surface area contributed by atoms with Crippen LogP contribution in [-0.4, -0.2) is 64.5 Å². The molecule has 0 unspecified atom stereocenters. The Kier molecular flexibility index (Phi) is 7.55. The number of hydrogen-bond acceptors (Lipinski definition) is 5. The number of ether oxygens (including phenoxy) is 1. The molecule has 1 aromatic carbocycles. The van der Waals surface area contributed by atoms with E-state index in [0.717, 1.165) is 31.2 Å². The summed E-state index contributed by atoms with van der Waals surface area (Å²) < 4.78 is 5.47. The zero-order valence-corrected chi connectivity index (χ0v) is 22.7. The van der Waals surface area contributed by atoms with Crippen LogP contribution in [-0.2, 0) is 14.3 Å². The SMILES string of the molecule is CC(C)(C)OC(=O)N[C@@H]1C(=O)N2[C@@H](CCCC1(C)C)CC[C@H]2C(=O)N1C[C@@H](C#N)[C@H](c2ccccc2)C1. The predicted octanol–water partition coefficient (Wildman–Crippen LogP) is 4.22. The Morgan fingerprint density at radius 2 is 1.81 bits per heavy atom. The van der Waals surface area contributed by atoms with E-state index in [1.165, 1.54) is 0 Å². The number of rotatable bonds is 3. The average molecular weight is 509 g/mol. The van der Waals surface area contributed by atoms with Gasteiger partial charge in [-0.25, -0.2) is 4.79 Å². The maximum atomic E-state index is 14.1. The van der Waals surface area contributed by atoms with Gasteiger partial charge in [0.05, 0.1) is 12.0 Å². The van der Waals surface area contributed by atoms with Crippen molar-refractivity contribution in [2.75, 3.05) is 13.1 Å². The van der Waals surface area contributed by atoms with Crippen molar-refractivity contribution in [3.8, 4) is 6.07 Å². The molecule has 3 amide bonds. The fourth-order valence-electron chi connectivity index (χ4n) is 6.21. The van der Waals surface area contributed by atoms with Gasteiger partial charge in [-0.2, -0.15) is 5.26 Å². The van der Waals surface area contributed by atoms with E-state index < -0.39 is 29.2 Å². The molecule has 0 spiro atoms. The van der Waals surface area contributed by atoms with Crippen LogP contribution in [0.5, 0.6) is 0 Å². The average Bonchev–Trinajstić information content (AvgIpc) is 3.45. The lowest BCUT2D eigenvalue weighted by molar-refractivity contribution is -0.149. The summed E-state index contributed by atoms with van der Waals surface area (Å²) >= 11 is 0. The molecule has 3 heterocycles. The zero-order chi connectivity index (χ0) is 27.0. The first-order valence-electron chi connectivity index (χ1n) is 13.5. The molecule has 5 atom stereocenters. The van der Waals surface area contributed by atoms with Gasteiger partial charge in [0.1, 0.15) is 17.7 Å². The minimum atomic E-state index is -0.791. The molecule has 1 N–H and O–H groups in total. The topological polar surface area (TPSA) is 103 Å². The quantitative estimate of drug-likeness (QED) is 0.659. The van der Waals surface area contributed by atoms with Crippen molar-refractivity contribution in [3.05, 3.63) is 35.9 Å². The first-order valence-corrected chi connectivity index (χ1v) is 13.5. The van der Waals surface area contributed by atoms with Gasteiger partial charge in [0.15, 0.2) is 0 Å². The summed E-state index contributed by atoms with van der Waals surface area (Å²) in [7, 11) is 0. The second-order valence-corrected chi connectivity index (χ2v) is 12.4. The molecule has 3 fully saturated rings. The van der Waals surface area contributed by atoms with Gasteiger partial charge in [-0.3, -0.25) is 9.59 Å². The van der Waals surface area contributed by atoms with Crippen molar-refractivity contribution >= 4 is 17.9 Å². The third kappa shape index (κ3) is 5.76. The Labute approximate surface area is 220 Å². The molecule has 0 aromatic heterocycles. The van der Waals surface area contributed by atoms with Crippen LogP contribution < -0.4 is 5.32 Å². The Balaban J connectivity index is 1.56. The molecule has 8 nitrogen and oxygen atoms in total. The Morgan fingerprint density at radius 3 is 2.46 bits per heavy atom. The summed E-state index contributed by atoms with van der Waals surface area (Å²) in [6, 6.07) is 10.9. The highest BCUT2D eigenvalue weighted by molar-refractivity contribution is 5.93. The van der Waals surface area contributed by atoms with Crippen LogP contribution in [0.25, 0.3) is 0 Å². The number of benzene rings is 1. The fraction of sp³-hybridized carbons (Fsp3) is 0.655. The number of carbonyl (C=O) groups excluding carboxylic acids is 3. The van der Waals surface area contributed by atoms with Gasteiger partial charge in [-0.15, -0.1) is 0 Å². The third-order valence-electron chi connectivity index (χ3n) is 8.12. The molecule has 0 aliphatic carbocycles. The number of nitrogens with zero attached hydrogens (tertiary/aromatic N) is 3. The molecule has 3 aliphatic rings. The molecule has 200 valence electrons. The van der Waals surface area contributed by atoms with Crippen LogP contribution >= 0.6 is 0 Å². The van der Waals surface area contributed by atoms with Gasteiger partial charge in [-0.1, -0.05) is 50.6 Å². The van der Waals surface area contributed by atoms with Gasteiger partial charge in [0, 0.05) is 25.0 Å². The number of hydrogen-bond donors (Lipinski definition) is 1. The van der Waals surface area contributed by atoms with Crippen molar-refractivity contribution in [1.82, 2.24) is 15.1 Å². The van der Waals surface area contributed by atoms with Crippen molar-refractivity contribution in [1.29, 1.82) is 5.26 Å². The van der Waals surface area contributed by atoms with E-state index >= 15 is 0 Å². The molecule has 0 saturated carbocycles. The second kappa shape index (κ2) is 10.4. The van der Waals surface area contributed by atoms with E-state index in [0.29, 0.717) is 19.5 Å². The lowest BCUT2D eigenvalue weighted by Crippen LogP contribution is -2.61. The molecule has 0 radical (unpaired) electrons. The highest BCUT2D eigenvalue weighted by Crippen LogP contribution is 2.40. The number of amides is 3. The maximum absolute atomic E-state index is 14.1. The van der Waals surface area contributed by atoms with E-state index in [9.17, 15) is 19.6 Å². The Morgan fingerprint density at radius 1 is 1.11 bits per heavy atom. The monoisotopic (exact) mass is 508 g/mol. The summed E-state index contributed by atoms with van der Waals surface area (Å²) in [5.74, 6) is -0.640. The Hall–Kier alpha value is -3.08. The number of fused-ring (bicyclic) bond motifs is 1. The summed E-state index contributed by atoms with van der Waals surface area (Å²) in [5.41, 5.74) is -0.123. The molecule has 37 heavy (non-hydrogen) atoms. The molecule has 8 heteroatoms. The predicted molar refractivity (Wildman–Crippen MR) is 139 cm³/mol. The van der Waals surface area contributed by atoms with E-state index in [-0.39, 0.29) is 29.7 Å². The van der Waals surface area contributed by atoms with Gasteiger partial charge >= 0.3 is 6.09 Å². The van der Waals surface area contributed by atoms with E-state index in [1.807, 2.05) is 44.2 Å². The van der Waals surface area contributed by atoms with Crippen LogP contribution in [0.2, 0.25) is 0 Å². The largest absolute Gasteiger partial charge is 0.444 e. The maximum Gasteiger partial charge on any atom is 0.408 e. The highest BCUT2D eigenvalue weighted by Gasteiger charge is 2.50. The number of likely N-dealkylation sites (tertiary alicyclic amines) is 1. The van der Waals surface area contributed by atoms with Crippen LogP contribution in [0, 0.1) is 22.7 Å². The van der Waals surface area contributed by atoms with E-state index in [4.69, 9.17) is 4.74 Å². The van der Waals surface area contributed by atoms with Crippen LogP contribution in [0.15, 0.2) is 30.3 Å². The molecule has 4 rings (SSSR count). The number of nitriles is 1. The smallest absolute Gasteiger partial charge is 0.408 e. The zero-order valence-electron chi connectivity index (χ0n) is 22.7. The van der Waals surface area contributed by atoms with Crippen molar-refractivity contribution in [2.24, 2.45) is 11.3 Å². The van der Waals surface area contributed by atoms with Crippen LogP contribution in [0.3, 0.4) is 0 Å².